The number of hydrogen-bond acceptors (Lipinski definition) is 2. The Labute approximate surface area is 120 Å². The molecule has 1 heterocycles. The van der Waals surface area contributed by atoms with Crippen molar-refractivity contribution in [2.24, 2.45) is 0 Å². The Morgan fingerprint density at radius 1 is 1.29 bits per heavy atom. The number of aliphatic hydroxyl groups is 1. The summed E-state index contributed by atoms with van der Waals surface area (Å²) in [5.41, 5.74) is -1.53. The second-order valence-electron chi connectivity index (χ2n) is 5.68. The maximum Gasteiger partial charge on any atom is 0.322 e. The fourth-order valence-corrected chi connectivity index (χ4v) is 2.55. The van der Waals surface area contributed by atoms with Gasteiger partial charge in [-0.2, -0.15) is 0 Å². The van der Waals surface area contributed by atoms with Gasteiger partial charge in [0.25, 0.3) is 0 Å². The number of benzene rings is 1. The highest BCUT2D eigenvalue weighted by Gasteiger charge is 2.38. The van der Waals surface area contributed by atoms with E-state index in [1.165, 1.54) is 4.90 Å². The van der Waals surface area contributed by atoms with Gasteiger partial charge in [-0.3, -0.25) is 0 Å². The first-order valence-corrected chi connectivity index (χ1v) is 6.64. The topological polar surface area (TPSA) is 52.6 Å². The third-order valence-electron chi connectivity index (χ3n) is 3.58. The highest BCUT2D eigenvalue weighted by atomic mass is 19.2. The fourth-order valence-electron chi connectivity index (χ4n) is 2.55. The van der Waals surface area contributed by atoms with Crippen LogP contribution in [0.3, 0.4) is 0 Å². The maximum atomic E-state index is 13.5. The van der Waals surface area contributed by atoms with Crippen molar-refractivity contribution in [3.05, 3.63) is 29.6 Å². The largest absolute Gasteiger partial charge is 0.388 e. The van der Waals surface area contributed by atoms with Gasteiger partial charge in [-0.15, -0.1) is 0 Å². The minimum Gasteiger partial charge on any atom is -0.388 e. The predicted octanol–water partition coefficient (Wildman–Crippen LogP) is 2.87. The molecule has 1 aromatic carbocycles. The van der Waals surface area contributed by atoms with Crippen LogP contribution in [-0.4, -0.2) is 34.2 Å². The molecule has 1 unspecified atom stereocenters. The molecule has 0 aliphatic carbocycles. The van der Waals surface area contributed by atoms with E-state index in [0.717, 1.165) is 0 Å². The molecule has 2 N–H and O–H groups in total. The summed E-state index contributed by atoms with van der Waals surface area (Å²) in [4.78, 5) is 13.5. The van der Waals surface area contributed by atoms with Gasteiger partial charge in [0.2, 0.25) is 0 Å². The van der Waals surface area contributed by atoms with Gasteiger partial charge in [0.1, 0.15) is 5.82 Å². The van der Waals surface area contributed by atoms with Crippen molar-refractivity contribution >= 4 is 11.7 Å². The summed E-state index contributed by atoms with van der Waals surface area (Å²) < 4.78 is 39.5. The van der Waals surface area contributed by atoms with Crippen LogP contribution in [-0.2, 0) is 0 Å². The van der Waals surface area contributed by atoms with Crippen LogP contribution in [0.4, 0.5) is 23.7 Å². The highest BCUT2D eigenvalue weighted by Crippen LogP contribution is 2.28. The zero-order chi connectivity index (χ0) is 15.8. The van der Waals surface area contributed by atoms with Gasteiger partial charge in [0, 0.05) is 18.7 Å². The summed E-state index contributed by atoms with van der Waals surface area (Å²) in [5.74, 6) is -3.62. The van der Waals surface area contributed by atoms with Crippen molar-refractivity contribution in [3.8, 4) is 0 Å². The third kappa shape index (κ3) is 3.29. The quantitative estimate of drug-likeness (QED) is 0.825. The number of rotatable bonds is 2. The third-order valence-corrected chi connectivity index (χ3v) is 3.58. The van der Waals surface area contributed by atoms with Crippen LogP contribution in [0, 0.1) is 17.5 Å². The van der Waals surface area contributed by atoms with E-state index >= 15 is 0 Å². The molecule has 1 atom stereocenters. The van der Waals surface area contributed by atoms with E-state index in [1.54, 1.807) is 13.8 Å². The van der Waals surface area contributed by atoms with Crippen molar-refractivity contribution in [1.29, 1.82) is 0 Å². The smallest absolute Gasteiger partial charge is 0.322 e. The second-order valence-corrected chi connectivity index (χ2v) is 5.68. The molecule has 116 valence electrons. The van der Waals surface area contributed by atoms with Crippen LogP contribution in [0.5, 0.6) is 0 Å². The van der Waals surface area contributed by atoms with Gasteiger partial charge >= 0.3 is 6.03 Å². The van der Waals surface area contributed by atoms with E-state index in [2.05, 4.69) is 5.32 Å². The lowest BCUT2D eigenvalue weighted by Gasteiger charge is -2.33. The van der Waals surface area contributed by atoms with Gasteiger partial charge < -0.3 is 15.3 Å². The first-order chi connectivity index (χ1) is 9.70. The Bertz CT molecular complexity index is 558. The second kappa shape index (κ2) is 5.55. The van der Waals surface area contributed by atoms with Crippen molar-refractivity contribution in [2.45, 2.75) is 38.3 Å². The SMILES string of the molecule is CC(C)(O)C1CCCN1C(=O)Nc1cc(F)c(F)cc1F. The normalized spacial score (nSPS) is 19.0. The minimum absolute atomic E-state index is 0.377. The number of nitrogens with one attached hydrogen (secondary N) is 1. The molecule has 1 aliphatic rings. The van der Waals surface area contributed by atoms with Crippen molar-refractivity contribution < 1.29 is 23.1 Å². The summed E-state index contributed by atoms with van der Waals surface area (Å²) in [6.45, 7) is 3.58. The Morgan fingerprint density at radius 2 is 1.90 bits per heavy atom. The van der Waals surface area contributed by atoms with E-state index in [1.807, 2.05) is 0 Å². The van der Waals surface area contributed by atoms with E-state index in [-0.39, 0.29) is 0 Å². The number of halogens is 3. The monoisotopic (exact) mass is 302 g/mol. The summed E-state index contributed by atoms with van der Waals surface area (Å²) in [7, 11) is 0. The lowest BCUT2D eigenvalue weighted by atomic mass is 9.97. The van der Waals surface area contributed by atoms with Gasteiger partial charge in [-0.1, -0.05) is 0 Å². The molecule has 21 heavy (non-hydrogen) atoms. The molecule has 1 saturated heterocycles. The molecule has 0 bridgehead atoms. The van der Waals surface area contributed by atoms with Crippen molar-refractivity contribution in [3.63, 3.8) is 0 Å². The number of anilines is 1. The number of carbonyl (C=O) groups excluding carboxylic acids is 1. The number of hydrogen-bond donors (Lipinski definition) is 2. The molecule has 2 rings (SSSR count). The van der Waals surface area contributed by atoms with Crippen LogP contribution in [0.1, 0.15) is 26.7 Å². The summed E-state index contributed by atoms with van der Waals surface area (Å²) >= 11 is 0. The van der Waals surface area contributed by atoms with E-state index in [0.29, 0.717) is 31.5 Å². The lowest BCUT2D eigenvalue weighted by Crippen LogP contribution is -2.49. The molecule has 0 aromatic heterocycles. The number of urea groups is 1. The van der Waals surface area contributed by atoms with Gasteiger partial charge in [0.15, 0.2) is 11.6 Å². The van der Waals surface area contributed by atoms with Crippen LogP contribution in [0.25, 0.3) is 0 Å². The lowest BCUT2D eigenvalue weighted by molar-refractivity contribution is 0.0117. The maximum absolute atomic E-state index is 13.5. The Balaban J connectivity index is 2.17. The first-order valence-electron chi connectivity index (χ1n) is 6.64. The van der Waals surface area contributed by atoms with E-state index in [9.17, 15) is 23.1 Å². The van der Waals surface area contributed by atoms with Crippen LogP contribution < -0.4 is 5.32 Å². The van der Waals surface area contributed by atoms with Crippen molar-refractivity contribution in [1.82, 2.24) is 4.90 Å². The first kappa shape index (κ1) is 15.6. The summed E-state index contributed by atoms with van der Waals surface area (Å²) in [6, 6.07) is -0.0875. The van der Waals surface area contributed by atoms with E-state index in [4.69, 9.17) is 0 Å². The highest BCUT2D eigenvalue weighted by molar-refractivity contribution is 5.90. The van der Waals surface area contributed by atoms with Gasteiger partial charge in [-0.05, 0) is 26.7 Å². The molecular weight excluding hydrogens is 285 g/mol. The average Bonchev–Trinajstić information content (AvgIpc) is 2.85. The molecule has 2 amide bonds. The molecule has 0 radical (unpaired) electrons. The van der Waals surface area contributed by atoms with Crippen LogP contribution in [0.2, 0.25) is 0 Å². The molecule has 4 nitrogen and oxygen atoms in total. The Kier molecular flexibility index (Phi) is 4.13. The molecular formula is C14H17F3N2O2. The predicted molar refractivity (Wildman–Crippen MR) is 71.4 cm³/mol. The summed E-state index contributed by atoms with van der Waals surface area (Å²) in [5, 5.41) is 12.2. The molecule has 0 spiro atoms. The standard InChI is InChI=1S/C14H17F3N2O2/c1-14(2,21)12-4-3-5-19(12)13(20)18-11-7-9(16)8(15)6-10(11)17/h6-7,12,21H,3-5H2,1-2H3,(H,18,20). The fraction of sp³-hybridized carbons (Fsp3) is 0.500. The van der Waals surface area contributed by atoms with Crippen LogP contribution >= 0.6 is 0 Å². The average molecular weight is 302 g/mol. The van der Waals surface area contributed by atoms with Crippen LogP contribution in [0.15, 0.2) is 12.1 Å². The number of carbonyl (C=O) groups is 1. The molecule has 7 heteroatoms. The number of amides is 2. The van der Waals surface area contributed by atoms with Gasteiger partial charge in [0.05, 0.1) is 17.3 Å². The number of likely N-dealkylation sites (tertiary alicyclic amines) is 1. The Hall–Kier alpha value is -1.76. The van der Waals surface area contributed by atoms with Gasteiger partial charge in [-0.25, -0.2) is 18.0 Å². The summed E-state index contributed by atoms with van der Waals surface area (Å²) in [6.07, 6.45) is 1.33. The van der Waals surface area contributed by atoms with Crippen molar-refractivity contribution in [2.75, 3.05) is 11.9 Å². The molecule has 1 aromatic rings. The number of nitrogens with zero attached hydrogens (tertiary/aromatic N) is 1. The zero-order valence-electron chi connectivity index (χ0n) is 11.8. The zero-order valence-corrected chi connectivity index (χ0v) is 11.8. The minimum atomic E-state index is -1.32. The van der Waals surface area contributed by atoms with E-state index < -0.39 is 40.8 Å². The molecule has 1 fully saturated rings. The molecule has 0 saturated carbocycles. The molecule has 1 aliphatic heterocycles. The Morgan fingerprint density at radius 3 is 2.52 bits per heavy atom.